The van der Waals surface area contributed by atoms with Crippen molar-refractivity contribution in [1.82, 2.24) is 9.80 Å². The predicted molar refractivity (Wildman–Crippen MR) is 99.3 cm³/mol. The van der Waals surface area contributed by atoms with E-state index in [0.717, 1.165) is 25.1 Å². The summed E-state index contributed by atoms with van der Waals surface area (Å²) < 4.78 is 11.4. The van der Waals surface area contributed by atoms with E-state index < -0.39 is 11.7 Å². The summed E-state index contributed by atoms with van der Waals surface area (Å²) in [5.41, 5.74) is 0.243. The molecule has 2 unspecified atom stereocenters. The Bertz CT molecular complexity index is 617. The first-order valence-corrected chi connectivity index (χ1v) is 9.42. The number of amides is 1. The molecule has 1 aromatic rings. The molecule has 2 fully saturated rings. The molecule has 0 radical (unpaired) electrons. The molecule has 3 rings (SSSR count). The number of carbonyl (C=O) groups excluding carboxylic acids is 1. The van der Waals surface area contributed by atoms with Crippen molar-refractivity contribution in [2.45, 2.75) is 44.9 Å². The summed E-state index contributed by atoms with van der Waals surface area (Å²) in [5.74, 6) is 0.708. The van der Waals surface area contributed by atoms with Gasteiger partial charge in [0.25, 0.3) is 5.91 Å². The summed E-state index contributed by atoms with van der Waals surface area (Å²) in [4.78, 5) is 17.2. The minimum Gasteiger partial charge on any atom is -0.478 e. The van der Waals surface area contributed by atoms with Crippen LogP contribution in [0.5, 0.6) is 5.75 Å². The highest BCUT2D eigenvalue weighted by molar-refractivity contribution is 5.84. The highest BCUT2D eigenvalue weighted by atomic mass is 16.5. The summed E-state index contributed by atoms with van der Waals surface area (Å²) in [6.07, 6.45) is 0.453. The van der Waals surface area contributed by atoms with Crippen LogP contribution in [-0.4, -0.2) is 78.0 Å². The Morgan fingerprint density at radius 3 is 2.54 bits per heavy atom. The van der Waals surface area contributed by atoms with E-state index in [1.54, 1.807) is 0 Å². The van der Waals surface area contributed by atoms with Gasteiger partial charge < -0.3 is 19.5 Å². The summed E-state index contributed by atoms with van der Waals surface area (Å²) >= 11 is 0. The molecule has 2 aliphatic heterocycles. The quantitative estimate of drug-likeness (QED) is 0.878. The Hall–Kier alpha value is -1.63. The van der Waals surface area contributed by atoms with Crippen molar-refractivity contribution in [3.05, 3.63) is 29.8 Å². The van der Waals surface area contributed by atoms with Crippen molar-refractivity contribution in [2.24, 2.45) is 0 Å². The molecule has 2 saturated heterocycles. The van der Waals surface area contributed by atoms with Gasteiger partial charge in [0.2, 0.25) is 0 Å². The highest BCUT2D eigenvalue weighted by Gasteiger charge is 2.37. The SMILES string of the molecule is Cc1ccc(OC(C)(C)C(=O)N2CCCN(C3COCC3O)CC2)cc1. The van der Waals surface area contributed by atoms with Gasteiger partial charge in [0.1, 0.15) is 5.75 Å². The summed E-state index contributed by atoms with van der Waals surface area (Å²) in [6, 6.07) is 7.80. The minimum absolute atomic E-state index is 0.00291. The Morgan fingerprint density at radius 2 is 1.88 bits per heavy atom. The van der Waals surface area contributed by atoms with Gasteiger partial charge in [0, 0.05) is 26.2 Å². The first-order chi connectivity index (χ1) is 12.4. The van der Waals surface area contributed by atoms with Crippen LogP contribution < -0.4 is 4.74 Å². The van der Waals surface area contributed by atoms with Crippen molar-refractivity contribution >= 4 is 5.91 Å². The Morgan fingerprint density at radius 1 is 1.15 bits per heavy atom. The topological polar surface area (TPSA) is 62.2 Å². The lowest BCUT2D eigenvalue weighted by Gasteiger charge is -2.32. The molecule has 1 amide bonds. The lowest BCUT2D eigenvalue weighted by Crippen LogP contribution is -2.50. The average molecular weight is 362 g/mol. The molecule has 1 aromatic carbocycles. The molecule has 0 spiro atoms. The second-order valence-corrected chi connectivity index (χ2v) is 7.78. The smallest absolute Gasteiger partial charge is 0.266 e. The van der Waals surface area contributed by atoms with E-state index in [4.69, 9.17) is 9.47 Å². The first kappa shape index (κ1) is 19.1. The van der Waals surface area contributed by atoms with E-state index in [1.807, 2.05) is 49.9 Å². The largest absolute Gasteiger partial charge is 0.478 e. The van der Waals surface area contributed by atoms with Gasteiger partial charge in [-0.1, -0.05) is 17.7 Å². The molecule has 0 bridgehead atoms. The molecule has 1 N–H and O–H groups in total. The zero-order chi connectivity index (χ0) is 18.7. The molecule has 144 valence electrons. The zero-order valence-corrected chi connectivity index (χ0v) is 16.0. The fourth-order valence-electron chi connectivity index (χ4n) is 3.68. The van der Waals surface area contributed by atoms with Gasteiger partial charge >= 0.3 is 0 Å². The van der Waals surface area contributed by atoms with Gasteiger partial charge in [0.05, 0.1) is 25.4 Å². The fourth-order valence-corrected chi connectivity index (χ4v) is 3.68. The molecule has 2 heterocycles. The van der Waals surface area contributed by atoms with Gasteiger partial charge in [0.15, 0.2) is 5.60 Å². The lowest BCUT2D eigenvalue weighted by molar-refractivity contribution is -0.145. The van der Waals surface area contributed by atoms with Gasteiger partial charge in [-0.25, -0.2) is 0 Å². The number of hydrogen-bond donors (Lipinski definition) is 1. The molecular weight excluding hydrogens is 332 g/mol. The zero-order valence-electron chi connectivity index (χ0n) is 16.0. The third-order valence-corrected chi connectivity index (χ3v) is 5.22. The van der Waals surface area contributed by atoms with Crippen LogP contribution in [0.2, 0.25) is 0 Å². The van der Waals surface area contributed by atoms with E-state index in [-0.39, 0.29) is 11.9 Å². The number of nitrogens with zero attached hydrogens (tertiary/aromatic N) is 2. The van der Waals surface area contributed by atoms with Crippen LogP contribution >= 0.6 is 0 Å². The standard InChI is InChI=1S/C20H30N2O4/c1-15-5-7-16(8-6-15)26-20(2,3)19(24)22-10-4-9-21(11-12-22)17-13-25-14-18(17)23/h5-8,17-18,23H,4,9-14H2,1-3H3. The van der Waals surface area contributed by atoms with Crippen molar-refractivity contribution in [3.63, 3.8) is 0 Å². The molecule has 2 atom stereocenters. The van der Waals surface area contributed by atoms with Crippen molar-refractivity contribution in [1.29, 1.82) is 0 Å². The average Bonchev–Trinajstić information content (AvgIpc) is 2.89. The first-order valence-electron chi connectivity index (χ1n) is 9.42. The van der Waals surface area contributed by atoms with Crippen LogP contribution in [0.25, 0.3) is 0 Å². The predicted octanol–water partition coefficient (Wildman–Crippen LogP) is 1.45. The van der Waals surface area contributed by atoms with Crippen LogP contribution in [0.15, 0.2) is 24.3 Å². The number of aliphatic hydroxyl groups is 1. The monoisotopic (exact) mass is 362 g/mol. The Balaban J connectivity index is 1.60. The summed E-state index contributed by atoms with van der Waals surface area (Å²) in [5, 5.41) is 10.1. The van der Waals surface area contributed by atoms with Crippen LogP contribution in [-0.2, 0) is 9.53 Å². The van der Waals surface area contributed by atoms with Crippen molar-refractivity contribution < 1.29 is 19.4 Å². The highest BCUT2D eigenvalue weighted by Crippen LogP contribution is 2.22. The van der Waals surface area contributed by atoms with E-state index in [0.29, 0.717) is 32.1 Å². The number of aliphatic hydroxyl groups excluding tert-OH is 1. The number of rotatable bonds is 4. The van der Waals surface area contributed by atoms with E-state index >= 15 is 0 Å². The summed E-state index contributed by atoms with van der Waals surface area (Å²) in [7, 11) is 0. The Labute approximate surface area is 155 Å². The van der Waals surface area contributed by atoms with Gasteiger partial charge in [-0.05, 0) is 39.3 Å². The molecule has 26 heavy (non-hydrogen) atoms. The van der Waals surface area contributed by atoms with E-state index in [2.05, 4.69) is 4.90 Å². The molecular formula is C20H30N2O4. The number of benzene rings is 1. The fraction of sp³-hybridized carbons (Fsp3) is 0.650. The van der Waals surface area contributed by atoms with Crippen LogP contribution in [0.1, 0.15) is 25.8 Å². The third kappa shape index (κ3) is 4.37. The van der Waals surface area contributed by atoms with E-state index in [9.17, 15) is 9.90 Å². The normalized spacial score (nSPS) is 25.2. The lowest BCUT2D eigenvalue weighted by atomic mass is 10.1. The molecule has 6 heteroatoms. The second kappa shape index (κ2) is 7.94. The van der Waals surface area contributed by atoms with Gasteiger partial charge in [-0.15, -0.1) is 0 Å². The van der Waals surface area contributed by atoms with Crippen LogP contribution in [0, 0.1) is 6.92 Å². The number of hydrogen-bond acceptors (Lipinski definition) is 5. The Kier molecular flexibility index (Phi) is 5.85. The maximum absolute atomic E-state index is 13.0. The maximum atomic E-state index is 13.0. The number of ether oxygens (including phenoxy) is 2. The molecule has 2 aliphatic rings. The van der Waals surface area contributed by atoms with Gasteiger partial charge in [-0.3, -0.25) is 9.69 Å². The minimum atomic E-state index is -0.916. The molecule has 6 nitrogen and oxygen atoms in total. The van der Waals surface area contributed by atoms with E-state index in [1.165, 1.54) is 0 Å². The molecule has 0 saturated carbocycles. The number of aryl methyl sites for hydroxylation is 1. The summed E-state index contributed by atoms with van der Waals surface area (Å²) in [6.45, 7) is 9.61. The molecule has 0 aliphatic carbocycles. The van der Waals surface area contributed by atoms with Crippen LogP contribution in [0.3, 0.4) is 0 Å². The molecule has 0 aromatic heterocycles. The van der Waals surface area contributed by atoms with Gasteiger partial charge in [-0.2, -0.15) is 0 Å². The van der Waals surface area contributed by atoms with Crippen molar-refractivity contribution in [3.8, 4) is 5.75 Å². The number of carbonyl (C=O) groups is 1. The second-order valence-electron chi connectivity index (χ2n) is 7.78. The van der Waals surface area contributed by atoms with Crippen molar-refractivity contribution in [2.75, 3.05) is 39.4 Å². The maximum Gasteiger partial charge on any atom is 0.266 e. The third-order valence-electron chi connectivity index (χ3n) is 5.22. The van der Waals surface area contributed by atoms with Crippen LogP contribution in [0.4, 0.5) is 0 Å².